The molecule has 0 saturated carbocycles. The smallest absolute Gasteiger partial charge is 0.744 e. The van der Waals surface area contributed by atoms with Crippen LogP contribution in [0.1, 0.15) is 0 Å². The summed E-state index contributed by atoms with van der Waals surface area (Å²) >= 11 is 11.6. The van der Waals surface area contributed by atoms with Crippen molar-refractivity contribution in [3.63, 3.8) is 0 Å². The summed E-state index contributed by atoms with van der Waals surface area (Å²) in [6.07, 6.45) is 0. The summed E-state index contributed by atoms with van der Waals surface area (Å²) in [5, 5.41) is 29.3. The molecule has 0 saturated heterocycles. The minimum Gasteiger partial charge on any atom is -0.744 e. The van der Waals surface area contributed by atoms with E-state index in [-0.39, 0.29) is 62.5 Å². The summed E-state index contributed by atoms with van der Waals surface area (Å²) < 4.78 is 66.8. The number of halogens is 2. The second-order valence-electron chi connectivity index (χ2n) is 7.45. The van der Waals surface area contributed by atoms with Crippen molar-refractivity contribution in [3.8, 4) is 5.75 Å². The normalized spacial score (nSPS) is 12.0. The molecule has 0 aliphatic heterocycles. The average molecular weight is 637 g/mol. The van der Waals surface area contributed by atoms with E-state index >= 15 is 0 Å². The van der Waals surface area contributed by atoms with Crippen LogP contribution in [0.3, 0.4) is 0 Å². The van der Waals surface area contributed by atoms with Gasteiger partial charge < -0.3 is 20.1 Å². The minimum absolute atomic E-state index is 0. The van der Waals surface area contributed by atoms with E-state index < -0.39 is 54.7 Å². The van der Waals surface area contributed by atoms with Crippen molar-refractivity contribution in [3.05, 3.63) is 59.1 Å². The van der Waals surface area contributed by atoms with Gasteiger partial charge in [-0.25, -0.2) is 8.42 Å². The van der Waals surface area contributed by atoms with Crippen LogP contribution in [0, 0.1) is 0 Å². The quantitative estimate of drug-likeness (QED) is 0.101. The Hall–Kier alpha value is -2.51. The molecule has 3 N–H and O–H groups in total. The molecule has 0 bridgehead atoms. The summed E-state index contributed by atoms with van der Waals surface area (Å²) in [7, 11) is -9.85. The number of benzene rings is 3. The largest absolute Gasteiger partial charge is 1.00 e. The number of phenolic OH excluding ortho intramolecular Hbond substituents is 1. The predicted molar refractivity (Wildman–Crippen MR) is 138 cm³/mol. The van der Waals surface area contributed by atoms with Gasteiger partial charge in [0.1, 0.15) is 20.7 Å². The Bertz CT molecular complexity index is 1790. The van der Waals surface area contributed by atoms with Gasteiger partial charge in [0.05, 0.1) is 29.5 Å². The van der Waals surface area contributed by atoms with Crippen LogP contribution >= 0.6 is 23.2 Å². The summed E-state index contributed by atoms with van der Waals surface area (Å²) in [6.45, 7) is -1.24. The predicted octanol–water partition coefficient (Wildman–Crippen LogP) is 0.802. The van der Waals surface area contributed by atoms with Crippen molar-refractivity contribution in [2.24, 2.45) is 10.2 Å². The van der Waals surface area contributed by atoms with Gasteiger partial charge in [0.25, 0.3) is 10.1 Å². The van der Waals surface area contributed by atoms with E-state index in [1.165, 1.54) is 0 Å². The fraction of sp³-hybridized carbons (Fsp3) is 0.0952. The number of aliphatic hydroxyl groups is 1. The SMILES string of the molecule is O=S(=O)([O-])c1cc2cc(S(=O)(=O)OCCO)c(Nc3nc(Cl)nc(Cl)n3)cc2c(O)c1N=Nc1ccccc1.[Na+]. The Morgan fingerprint density at radius 1 is 0.950 bits per heavy atom. The number of hydrogen-bond donors (Lipinski definition) is 3. The van der Waals surface area contributed by atoms with Crippen LogP contribution in [0.4, 0.5) is 23.0 Å². The van der Waals surface area contributed by atoms with Crippen LogP contribution in [-0.2, 0) is 24.4 Å². The van der Waals surface area contributed by atoms with E-state index in [1.54, 1.807) is 30.3 Å². The second kappa shape index (κ2) is 13.0. The molecule has 0 spiro atoms. The second-order valence-corrected chi connectivity index (χ2v) is 11.1. The first-order valence-electron chi connectivity index (χ1n) is 10.5. The van der Waals surface area contributed by atoms with Gasteiger partial charge in [-0.1, -0.05) is 18.2 Å². The Kier molecular flexibility index (Phi) is 10.4. The molecule has 1 aromatic heterocycles. The zero-order valence-corrected chi connectivity index (χ0v) is 25.3. The first kappa shape index (κ1) is 32.0. The molecule has 1 heterocycles. The molecule has 40 heavy (non-hydrogen) atoms. The monoisotopic (exact) mass is 636 g/mol. The number of aromatic nitrogens is 3. The van der Waals surface area contributed by atoms with E-state index in [1.807, 2.05) is 0 Å². The zero-order chi connectivity index (χ0) is 28.4. The number of nitrogens with one attached hydrogen (secondary N) is 1. The molecule has 0 unspecified atom stereocenters. The molecule has 4 aromatic rings. The molecular weight excluding hydrogens is 622 g/mol. The van der Waals surface area contributed by atoms with Crippen LogP contribution in [0.25, 0.3) is 10.8 Å². The van der Waals surface area contributed by atoms with Gasteiger partial charge in [-0.05, 0) is 58.9 Å². The van der Waals surface area contributed by atoms with Gasteiger partial charge >= 0.3 is 29.6 Å². The maximum Gasteiger partial charge on any atom is 1.00 e. The summed E-state index contributed by atoms with van der Waals surface area (Å²) in [5.74, 6) is -1.09. The molecule has 0 amide bonds. The molecule has 0 radical (unpaired) electrons. The van der Waals surface area contributed by atoms with Gasteiger partial charge in [0, 0.05) is 5.39 Å². The standard InChI is InChI=1S/C21H16Cl2N6O8S2.Na/c22-19-25-20(23)27-21(26-19)24-14-10-13-11(8-15(14)39(35,36)37-7-6-30)9-16(38(32,33)34)17(18(13)31)29-28-12-4-2-1-3-5-12;/h1-5,8-10,30-31H,6-7H2,(H,32,33,34)(H,24,25,26,27);/q;+1/p-1. The number of azo groups is 1. The number of anilines is 2. The number of aliphatic hydroxyl groups excluding tert-OH is 1. The van der Waals surface area contributed by atoms with Gasteiger partial charge in [-0.3, -0.25) is 4.18 Å². The summed E-state index contributed by atoms with van der Waals surface area (Å²) in [6, 6.07) is 10.9. The third kappa shape index (κ3) is 7.41. The maximum absolute atomic E-state index is 12.9. The first-order valence-corrected chi connectivity index (χ1v) is 14.1. The number of aromatic hydroxyl groups is 1. The average Bonchev–Trinajstić information content (AvgIpc) is 2.86. The minimum atomic E-state index is -5.23. The number of nitrogens with zero attached hydrogens (tertiary/aromatic N) is 5. The van der Waals surface area contributed by atoms with Crippen LogP contribution < -0.4 is 34.9 Å². The number of rotatable bonds is 9. The van der Waals surface area contributed by atoms with Crippen LogP contribution in [0.5, 0.6) is 5.75 Å². The summed E-state index contributed by atoms with van der Waals surface area (Å²) in [4.78, 5) is 9.64. The molecule has 0 fully saturated rings. The van der Waals surface area contributed by atoms with E-state index in [0.717, 1.165) is 18.2 Å². The van der Waals surface area contributed by atoms with Gasteiger partial charge in [-0.2, -0.15) is 28.5 Å². The molecule has 3 aromatic carbocycles. The van der Waals surface area contributed by atoms with Crippen LogP contribution in [-0.4, -0.2) is 59.8 Å². The Balaban J connectivity index is 0.00000441. The molecule has 14 nitrogen and oxygen atoms in total. The zero-order valence-electron chi connectivity index (χ0n) is 20.2. The van der Waals surface area contributed by atoms with Crippen molar-refractivity contribution in [1.82, 2.24) is 15.0 Å². The number of hydrogen-bond acceptors (Lipinski definition) is 14. The van der Waals surface area contributed by atoms with Crippen molar-refractivity contribution >= 4 is 77.2 Å². The first-order chi connectivity index (χ1) is 18.4. The molecule has 0 atom stereocenters. The molecule has 204 valence electrons. The van der Waals surface area contributed by atoms with E-state index in [9.17, 15) is 26.5 Å². The Morgan fingerprint density at radius 2 is 1.57 bits per heavy atom. The Morgan fingerprint density at radius 3 is 2.17 bits per heavy atom. The van der Waals surface area contributed by atoms with E-state index in [2.05, 4.69) is 30.5 Å². The van der Waals surface area contributed by atoms with Gasteiger partial charge in [0.2, 0.25) is 16.5 Å². The third-order valence-corrected chi connectivity index (χ3v) is 7.41. The Labute approximate surface area is 259 Å². The fourth-order valence-electron chi connectivity index (χ4n) is 3.28. The van der Waals surface area contributed by atoms with Crippen molar-refractivity contribution in [1.29, 1.82) is 0 Å². The van der Waals surface area contributed by atoms with Crippen molar-refractivity contribution < 1.29 is 65.3 Å². The molecule has 0 aliphatic rings. The van der Waals surface area contributed by atoms with Gasteiger partial charge in [-0.15, -0.1) is 5.11 Å². The topological polar surface area (TPSA) is 216 Å². The van der Waals surface area contributed by atoms with Crippen LogP contribution in [0.2, 0.25) is 10.6 Å². The molecule has 4 rings (SSSR count). The van der Waals surface area contributed by atoms with E-state index in [4.69, 9.17) is 32.5 Å². The molecule has 19 heteroatoms. The number of phenols is 1. The maximum atomic E-state index is 12.9. The molecule has 0 aliphatic carbocycles. The van der Waals surface area contributed by atoms with Crippen LogP contribution in [0.15, 0.2) is 68.6 Å². The summed E-state index contributed by atoms with van der Waals surface area (Å²) in [5.41, 5.74) is -0.664. The van der Waals surface area contributed by atoms with Crippen molar-refractivity contribution in [2.45, 2.75) is 9.79 Å². The fourth-order valence-corrected chi connectivity index (χ4v) is 5.36. The third-order valence-electron chi connectivity index (χ3n) is 4.87. The van der Waals surface area contributed by atoms with Crippen molar-refractivity contribution in [2.75, 3.05) is 18.5 Å². The molecular formula is C21H15Cl2N6NaO8S2. The number of fused-ring (bicyclic) bond motifs is 1. The van der Waals surface area contributed by atoms with Gasteiger partial charge in [0.15, 0.2) is 5.75 Å². The van der Waals surface area contributed by atoms with E-state index in [0.29, 0.717) is 5.69 Å².